The van der Waals surface area contributed by atoms with Crippen LogP contribution in [-0.2, 0) is 32.1 Å². The fourth-order valence-electron chi connectivity index (χ4n) is 2.94. The maximum absolute atomic E-state index is 12.7. The van der Waals surface area contributed by atoms with Gasteiger partial charge in [0.1, 0.15) is 24.4 Å². The highest BCUT2D eigenvalue weighted by Crippen LogP contribution is 2.26. The third-order valence-electron chi connectivity index (χ3n) is 4.52. The molecule has 0 saturated carbocycles. The molecule has 2 aromatic carbocycles. The molecule has 0 aliphatic heterocycles. The molecule has 170 valence electrons. The molecule has 32 heavy (non-hydrogen) atoms. The van der Waals surface area contributed by atoms with Gasteiger partial charge in [-0.3, -0.25) is 19.7 Å². The van der Waals surface area contributed by atoms with E-state index >= 15 is 0 Å². The van der Waals surface area contributed by atoms with Gasteiger partial charge in [-0.15, -0.1) is 0 Å². The number of nitrogens with zero attached hydrogens (tertiary/aromatic N) is 1. The molecule has 0 unspecified atom stereocenters. The molecule has 0 radical (unpaired) electrons. The predicted octanol–water partition coefficient (Wildman–Crippen LogP) is 1.90. The first-order valence-electron chi connectivity index (χ1n) is 9.80. The van der Waals surface area contributed by atoms with Gasteiger partial charge >= 0.3 is 5.97 Å². The maximum atomic E-state index is 12.7. The molecule has 0 aromatic heterocycles. The first kappa shape index (κ1) is 24.3. The summed E-state index contributed by atoms with van der Waals surface area (Å²) < 4.78 is 10.4. The Labute approximate surface area is 185 Å². The number of non-ortho nitro benzene ring substituents is 1. The lowest BCUT2D eigenvalue weighted by Gasteiger charge is -2.21. The Hall–Kier alpha value is -3.95. The van der Waals surface area contributed by atoms with Gasteiger partial charge in [0, 0.05) is 31.0 Å². The fourth-order valence-corrected chi connectivity index (χ4v) is 2.94. The van der Waals surface area contributed by atoms with Gasteiger partial charge in [0.05, 0.1) is 12.0 Å². The average Bonchev–Trinajstić information content (AvgIpc) is 2.77. The zero-order valence-corrected chi connectivity index (χ0v) is 18.0. The van der Waals surface area contributed by atoms with Crippen molar-refractivity contribution in [2.24, 2.45) is 0 Å². The number of nitro groups is 1. The number of methoxy groups -OCH3 is 1. The first-order valence-corrected chi connectivity index (χ1v) is 9.80. The molecule has 0 aliphatic rings. The van der Waals surface area contributed by atoms with Gasteiger partial charge in [0.25, 0.3) is 5.69 Å². The minimum atomic E-state index is -1.10. The van der Waals surface area contributed by atoms with Crippen molar-refractivity contribution in [3.8, 4) is 5.75 Å². The van der Waals surface area contributed by atoms with E-state index in [9.17, 15) is 24.5 Å². The second-order valence-electron chi connectivity index (χ2n) is 7.03. The number of carbonyl (C=O) groups is 3. The van der Waals surface area contributed by atoms with Crippen molar-refractivity contribution >= 4 is 23.5 Å². The van der Waals surface area contributed by atoms with E-state index in [1.165, 1.54) is 39.2 Å². The molecule has 2 aromatic rings. The zero-order chi connectivity index (χ0) is 23.7. The highest BCUT2D eigenvalue weighted by atomic mass is 16.6. The lowest BCUT2D eigenvalue weighted by atomic mass is 10.0. The molecule has 0 heterocycles. The molecular weight excluding hydrogens is 418 g/mol. The van der Waals surface area contributed by atoms with E-state index < -0.39 is 34.8 Å². The minimum Gasteiger partial charge on any atom is -0.489 e. The predicted molar refractivity (Wildman–Crippen MR) is 115 cm³/mol. The van der Waals surface area contributed by atoms with Crippen LogP contribution in [0.3, 0.4) is 0 Å². The van der Waals surface area contributed by atoms with Crippen molar-refractivity contribution in [1.29, 1.82) is 0 Å². The number of ether oxygens (including phenoxy) is 2. The van der Waals surface area contributed by atoms with Crippen LogP contribution in [-0.4, -0.2) is 41.9 Å². The van der Waals surface area contributed by atoms with Crippen molar-refractivity contribution in [2.45, 2.75) is 39.0 Å². The number of carbonyl (C=O) groups excluding carboxylic acids is 3. The molecule has 10 nitrogen and oxygen atoms in total. The quantitative estimate of drug-likeness (QED) is 0.325. The summed E-state index contributed by atoms with van der Waals surface area (Å²) in [5.74, 6) is -1.43. The van der Waals surface area contributed by atoms with Gasteiger partial charge in [-0.05, 0) is 18.6 Å². The van der Waals surface area contributed by atoms with E-state index in [0.29, 0.717) is 11.3 Å². The van der Waals surface area contributed by atoms with Gasteiger partial charge in [-0.1, -0.05) is 30.3 Å². The number of hydrogen-bond donors (Lipinski definition) is 2. The number of benzene rings is 2. The summed E-state index contributed by atoms with van der Waals surface area (Å²) in [4.78, 5) is 46.7. The Balaban J connectivity index is 2.29. The molecule has 0 fully saturated rings. The minimum absolute atomic E-state index is 0.0922. The third kappa shape index (κ3) is 7.08. The van der Waals surface area contributed by atoms with E-state index in [1.807, 2.05) is 30.3 Å². The van der Waals surface area contributed by atoms with Crippen molar-refractivity contribution in [1.82, 2.24) is 10.6 Å². The van der Waals surface area contributed by atoms with Crippen molar-refractivity contribution in [3.63, 3.8) is 0 Å². The SMILES string of the molecule is COC(=O)[C@H](C)NC(=O)[C@H](Cc1cc([N+](=O)[O-])ccc1OCc1ccccc1)NC(C)=O. The summed E-state index contributed by atoms with van der Waals surface area (Å²) in [7, 11) is 1.19. The van der Waals surface area contributed by atoms with Crippen LogP contribution < -0.4 is 15.4 Å². The van der Waals surface area contributed by atoms with E-state index in [4.69, 9.17) is 4.74 Å². The van der Waals surface area contributed by atoms with Gasteiger partial charge in [0.2, 0.25) is 11.8 Å². The summed E-state index contributed by atoms with van der Waals surface area (Å²) >= 11 is 0. The molecular formula is C22H25N3O7. The van der Waals surface area contributed by atoms with Crippen LogP contribution in [0.1, 0.15) is 25.0 Å². The van der Waals surface area contributed by atoms with Crippen LogP contribution in [0.2, 0.25) is 0 Å². The molecule has 2 amide bonds. The Kier molecular flexibility index (Phi) is 8.70. The van der Waals surface area contributed by atoms with Crippen LogP contribution in [0.15, 0.2) is 48.5 Å². The molecule has 2 N–H and O–H groups in total. The lowest BCUT2D eigenvalue weighted by Crippen LogP contribution is -2.51. The fraction of sp³-hybridized carbons (Fsp3) is 0.318. The van der Waals surface area contributed by atoms with Crippen LogP contribution in [0.5, 0.6) is 5.75 Å². The first-order chi connectivity index (χ1) is 15.2. The molecule has 0 saturated heterocycles. The van der Waals surface area contributed by atoms with Crippen molar-refractivity contribution < 1.29 is 28.8 Å². The Morgan fingerprint density at radius 1 is 1.09 bits per heavy atom. The Morgan fingerprint density at radius 2 is 1.78 bits per heavy atom. The molecule has 0 aliphatic carbocycles. The monoisotopic (exact) mass is 443 g/mol. The zero-order valence-electron chi connectivity index (χ0n) is 18.0. The number of nitro benzene ring substituents is 1. The maximum Gasteiger partial charge on any atom is 0.328 e. The van der Waals surface area contributed by atoms with Crippen LogP contribution in [0.25, 0.3) is 0 Å². The molecule has 10 heteroatoms. The highest BCUT2D eigenvalue weighted by molar-refractivity contribution is 5.90. The Bertz CT molecular complexity index is 979. The smallest absolute Gasteiger partial charge is 0.328 e. The topological polar surface area (TPSA) is 137 Å². The summed E-state index contributed by atoms with van der Waals surface area (Å²) in [6.07, 6.45) is -0.0922. The Morgan fingerprint density at radius 3 is 2.38 bits per heavy atom. The standard InChI is InChI=1S/C22H25N3O7/c1-14(22(28)31-3)23-21(27)19(24-15(2)26)12-17-11-18(25(29)30)9-10-20(17)32-13-16-7-5-4-6-8-16/h4-11,14,19H,12-13H2,1-3H3,(H,23,27)(H,24,26)/t14-,19-/m0/s1. The second-order valence-corrected chi connectivity index (χ2v) is 7.03. The van der Waals surface area contributed by atoms with Gasteiger partial charge < -0.3 is 20.1 Å². The van der Waals surface area contributed by atoms with E-state index in [2.05, 4.69) is 15.4 Å². The van der Waals surface area contributed by atoms with Gasteiger partial charge in [0.15, 0.2) is 0 Å². The number of nitrogens with one attached hydrogen (secondary N) is 2. The van der Waals surface area contributed by atoms with E-state index in [-0.39, 0.29) is 18.7 Å². The second kappa shape index (κ2) is 11.4. The van der Waals surface area contributed by atoms with Crippen LogP contribution in [0.4, 0.5) is 5.69 Å². The number of rotatable bonds is 10. The number of hydrogen-bond acceptors (Lipinski definition) is 7. The van der Waals surface area contributed by atoms with Gasteiger partial charge in [-0.25, -0.2) is 4.79 Å². The molecule has 2 atom stereocenters. The van der Waals surface area contributed by atoms with E-state index in [0.717, 1.165) is 5.56 Å². The van der Waals surface area contributed by atoms with Crippen LogP contribution >= 0.6 is 0 Å². The number of amides is 2. The van der Waals surface area contributed by atoms with Crippen LogP contribution in [0, 0.1) is 10.1 Å². The van der Waals surface area contributed by atoms with E-state index in [1.54, 1.807) is 0 Å². The average molecular weight is 443 g/mol. The third-order valence-corrected chi connectivity index (χ3v) is 4.52. The summed E-state index contributed by atoms with van der Waals surface area (Å²) in [5, 5.41) is 16.2. The lowest BCUT2D eigenvalue weighted by molar-refractivity contribution is -0.384. The van der Waals surface area contributed by atoms with Crippen molar-refractivity contribution in [3.05, 3.63) is 69.8 Å². The largest absolute Gasteiger partial charge is 0.489 e. The molecule has 2 rings (SSSR count). The normalized spacial score (nSPS) is 12.2. The summed E-state index contributed by atoms with van der Waals surface area (Å²) in [6.45, 7) is 2.89. The summed E-state index contributed by atoms with van der Waals surface area (Å²) in [6, 6.07) is 11.3. The summed E-state index contributed by atoms with van der Waals surface area (Å²) in [5.41, 5.74) is 1.06. The van der Waals surface area contributed by atoms with Crippen molar-refractivity contribution in [2.75, 3.05) is 7.11 Å². The van der Waals surface area contributed by atoms with Gasteiger partial charge in [-0.2, -0.15) is 0 Å². The highest BCUT2D eigenvalue weighted by Gasteiger charge is 2.26. The molecule has 0 spiro atoms. The molecule has 0 bridgehead atoms. The number of esters is 1.